The van der Waals surface area contributed by atoms with Crippen LogP contribution in [0.15, 0.2) is 97.1 Å². The van der Waals surface area contributed by atoms with Gasteiger partial charge in [0.05, 0.1) is 13.8 Å². The van der Waals surface area contributed by atoms with Crippen molar-refractivity contribution in [3.8, 4) is 11.1 Å². The third-order valence-electron chi connectivity index (χ3n) is 4.95. The quantitative estimate of drug-likeness (QED) is 0.282. The normalized spacial score (nSPS) is 10.9. The predicted molar refractivity (Wildman–Crippen MR) is 125 cm³/mol. The van der Waals surface area contributed by atoms with Crippen LogP contribution in [0.3, 0.4) is 0 Å². The number of benzene rings is 3. The van der Waals surface area contributed by atoms with Crippen LogP contribution in [0.2, 0.25) is 0 Å². The summed E-state index contributed by atoms with van der Waals surface area (Å²) in [6.07, 6.45) is 0. The van der Waals surface area contributed by atoms with Crippen molar-refractivity contribution >= 4 is 43.6 Å². The average Bonchev–Trinajstić information content (AvgIpc) is 3.38. The molecule has 0 atom stereocenters. The van der Waals surface area contributed by atoms with Crippen LogP contribution < -0.4 is 0 Å². The summed E-state index contributed by atoms with van der Waals surface area (Å²) in [5.41, 5.74) is 3.24. The van der Waals surface area contributed by atoms with E-state index in [2.05, 4.69) is 0 Å². The Bertz CT molecular complexity index is 1350. The highest BCUT2D eigenvalue weighted by Crippen LogP contribution is 2.44. The molecule has 5 rings (SSSR count). The highest BCUT2D eigenvalue weighted by atomic mass is 32.2. The molecule has 5 aromatic rings. The summed E-state index contributed by atoms with van der Waals surface area (Å²) in [6, 6.07) is 30.5. The van der Waals surface area contributed by atoms with Gasteiger partial charge in [0.1, 0.15) is 0 Å². The summed E-state index contributed by atoms with van der Waals surface area (Å²) in [5.74, 6) is 0.0257. The van der Waals surface area contributed by atoms with E-state index in [1.807, 2.05) is 97.1 Å². The molecule has 0 N–H and O–H groups in total. The van der Waals surface area contributed by atoms with Crippen molar-refractivity contribution in [3.05, 3.63) is 118 Å². The lowest BCUT2D eigenvalue weighted by Gasteiger charge is -2.05. The highest BCUT2D eigenvalue weighted by Gasteiger charge is 2.24. The first-order valence-corrected chi connectivity index (χ1v) is 11.2. The summed E-state index contributed by atoms with van der Waals surface area (Å²) in [7, 11) is 0. The van der Waals surface area contributed by atoms with E-state index in [0.717, 1.165) is 20.5 Å². The molecule has 0 saturated carbocycles. The van der Waals surface area contributed by atoms with Crippen LogP contribution in [0, 0.1) is 0 Å². The minimum Gasteiger partial charge on any atom is -0.288 e. The number of thiophene rings is 2. The monoisotopic (exact) mass is 424 g/mol. The first-order chi connectivity index (χ1) is 14.7. The Hall–Kier alpha value is -3.34. The smallest absolute Gasteiger partial charge is 0.203 e. The molecule has 144 valence electrons. The molecule has 4 heteroatoms. The number of hydrogen-bond donors (Lipinski definition) is 0. The Labute approximate surface area is 182 Å². The zero-order valence-electron chi connectivity index (χ0n) is 15.9. The molecule has 2 nitrogen and oxygen atoms in total. The molecule has 0 saturated heterocycles. The molecule has 30 heavy (non-hydrogen) atoms. The number of fused-ring (bicyclic) bond motifs is 1. The Morgan fingerprint density at radius 2 is 1.13 bits per heavy atom. The number of hydrogen-bond acceptors (Lipinski definition) is 4. The standard InChI is InChI=1S/C26H16O2S2/c27-23(18-12-6-2-7-13-18)21-16-20-22(17-10-4-1-5-11-17)25(30-26(20)29-21)24(28)19-14-8-3-9-15-19/h1-16H. The first kappa shape index (κ1) is 18.7. The topological polar surface area (TPSA) is 34.1 Å². The number of ketones is 2. The van der Waals surface area contributed by atoms with Gasteiger partial charge in [-0.15, -0.1) is 22.7 Å². The molecule has 0 radical (unpaired) electrons. The Kier molecular flexibility index (Phi) is 4.87. The lowest BCUT2D eigenvalue weighted by atomic mass is 9.99. The second kappa shape index (κ2) is 7.82. The van der Waals surface area contributed by atoms with Gasteiger partial charge >= 0.3 is 0 Å². The second-order valence-corrected chi connectivity index (χ2v) is 9.21. The van der Waals surface area contributed by atoms with Crippen LogP contribution in [0.5, 0.6) is 0 Å². The van der Waals surface area contributed by atoms with E-state index >= 15 is 0 Å². The first-order valence-electron chi connectivity index (χ1n) is 9.53. The van der Waals surface area contributed by atoms with Crippen molar-refractivity contribution in [2.24, 2.45) is 0 Å². The maximum Gasteiger partial charge on any atom is 0.203 e. The van der Waals surface area contributed by atoms with Gasteiger partial charge in [-0.25, -0.2) is 0 Å². The molecule has 0 aliphatic rings. The van der Waals surface area contributed by atoms with Gasteiger partial charge in [0.15, 0.2) is 0 Å². The molecule has 0 amide bonds. The van der Waals surface area contributed by atoms with E-state index in [0.29, 0.717) is 20.9 Å². The van der Waals surface area contributed by atoms with E-state index in [1.54, 1.807) is 0 Å². The van der Waals surface area contributed by atoms with Gasteiger partial charge < -0.3 is 0 Å². The summed E-state index contributed by atoms with van der Waals surface area (Å²) in [4.78, 5) is 27.7. The average molecular weight is 425 g/mol. The van der Waals surface area contributed by atoms with Crippen molar-refractivity contribution in [2.75, 3.05) is 0 Å². The third kappa shape index (κ3) is 3.30. The second-order valence-electron chi connectivity index (χ2n) is 6.87. The van der Waals surface area contributed by atoms with Gasteiger partial charge in [-0.05, 0) is 11.6 Å². The summed E-state index contributed by atoms with van der Waals surface area (Å²) in [5, 5.41) is 0.967. The Balaban J connectivity index is 1.67. The summed E-state index contributed by atoms with van der Waals surface area (Å²) in [6.45, 7) is 0. The number of carbonyl (C=O) groups excluding carboxylic acids is 2. The lowest BCUT2D eigenvalue weighted by Crippen LogP contribution is -2.00. The van der Waals surface area contributed by atoms with Crippen LogP contribution in [-0.4, -0.2) is 11.6 Å². The summed E-state index contributed by atoms with van der Waals surface area (Å²) < 4.78 is 0.993. The molecule has 0 aliphatic carbocycles. The van der Waals surface area contributed by atoms with Crippen LogP contribution in [0.1, 0.15) is 30.5 Å². The van der Waals surface area contributed by atoms with Crippen molar-refractivity contribution in [1.29, 1.82) is 0 Å². The zero-order valence-corrected chi connectivity index (χ0v) is 17.5. The van der Waals surface area contributed by atoms with Crippen molar-refractivity contribution in [1.82, 2.24) is 0 Å². The van der Waals surface area contributed by atoms with Gasteiger partial charge in [0.25, 0.3) is 0 Å². The van der Waals surface area contributed by atoms with Gasteiger partial charge in [-0.3, -0.25) is 9.59 Å². The van der Waals surface area contributed by atoms with Crippen LogP contribution in [0.4, 0.5) is 0 Å². The molecule has 0 unspecified atom stereocenters. The molecule has 0 bridgehead atoms. The fraction of sp³-hybridized carbons (Fsp3) is 0. The molecular formula is C26H16O2S2. The molecular weight excluding hydrogens is 408 g/mol. The molecule has 0 spiro atoms. The van der Waals surface area contributed by atoms with Gasteiger partial charge in [0, 0.05) is 22.1 Å². The van der Waals surface area contributed by atoms with E-state index in [1.165, 1.54) is 22.7 Å². The summed E-state index contributed by atoms with van der Waals surface area (Å²) >= 11 is 2.93. The zero-order chi connectivity index (χ0) is 20.5. The largest absolute Gasteiger partial charge is 0.288 e. The number of carbonyl (C=O) groups is 2. The molecule has 2 heterocycles. The maximum absolute atomic E-state index is 13.3. The molecule has 2 aromatic heterocycles. The van der Waals surface area contributed by atoms with Crippen molar-refractivity contribution in [2.45, 2.75) is 0 Å². The van der Waals surface area contributed by atoms with Crippen molar-refractivity contribution in [3.63, 3.8) is 0 Å². The lowest BCUT2D eigenvalue weighted by molar-refractivity contribution is 0.103. The maximum atomic E-state index is 13.3. The predicted octanol–water partition coefficient (Wildman–Crippen LogP) is 7.09. The van der Waals surface area contributed by atoms with Gasteiger partial charge in [-0.1, -0.05) is 91.0 Å². The molecule has 0 fully saturated rings. The minimum absolute atomic E-state index is 0.0128. The highest BCUT2D eigenvalue weighted by molar-refractivity contribution is 7.40. The molecule has 0 aliphatic heterocycles. The SMILES string of the molecule is O=C(c1ccccc1)c1cc2c(-c3ccccc3)c(C(=O)c3ccccc3)sc2s1. The fourth-order valence-electron chi connectivity index (χ4n) is 3.51. The van der Waals surface area contributed by atoms with Gasteiger partial charge in [-0.2, -0.15) is 0 Å². The minimum atomic E-state index is 0.0128. The molecule has 3 aromatic carbocycles. The van der Waals surface area contributed by atoms with Crippen LogP contribution in [-0.2, 0) is 0 Å². The van der Waals surface area contributed by atoms with E-state index < -0.39 is 0 Å². The van der Waals surface area contributed by atoms with E-state index in [4.69, 9.17) is 0 Å². The third-order valence-corrected chi connectivity index (χ3v) is 7.38. The number of rotatable bonds is 5. The van der Waals surface area contributed by atoms with Gasteiger partial charge in [0.2, 0.25) is 11.6 Å². The fourth-order valence-corrected chi connectivity index (χ4v) is 6.05. The van der Waals surface area contributed by atoms with Crippen LogP contribution >= 0.6 is 22.7 Å². The van der Waals surface area contributed by atoms with E-state index in [-0.39, 0.29) is 11.6 Å². The van der Waals surface area contributed by atoms with Crippen molar-refractivity contribution < 1.29 is 9.59 Å². The Morgan fingerprint density at radius 1 is 0.600 bits per heavy atom. The van der Waals surface area contributed by atoms with Crippen LogP contribution in [0.25, 0.3) is 20.5 Å². The Morgan fingerprint density at radius 3 is 1.73 bits per heavy atom. The van der Waals surface area contributed by atoms with E-state index in [9.17, 15) is 9.59 Å².